The third-order valence-corrected chi connectivity index (χ3v) is 3.67. The minimum atomic E-state index is 0.00613. The van der Waals surface area contributed by atoms with Crippen LogP contribution < -0.4 is 0 Å². The lowest BCUT2D eigenvalue weighted by Crippen LogP contribution is -2.25. The number of hydrogen-bond donors (Lipinski definition) is 0. The van der Waals surface area contributed by atoms with Crippen molar-refractivity contribution in [2.45, 2.75) is 26.4 Å². The molecule has 104 valence electrons. The number of carbonyl (C=O) groups is 1. The molecule has 3 heterocycles. The Morgan fingerprint density at radius 1 is 1.30 bits per heavy atom. The molecule has 0 aromatic carbocycles. The van der Waals surface area contributed by atoms with Crippen molar-refractivity contribution in [1.82, 2.24) is 19.4 Å². The van der Waals surface area contributed by atoms with Gasteiger partial charge in [-0.3, -0.25) is 4.79 Å². The van der Waals surface area contributed by atoms with Gasteiger partial charge in [-0.05, 0) is 18.6 Å². The van der Waals surface area contributed by atoms with Crippen molar-refractivity contribution in [3.05, 3.63) is 35.5 Å². The molecule has 0 aliphatic carbocycles. The van der Waals surface area contributed by atoms with Crippen molar-refractivity contribution in [1.29, 1.82) is 0 Å². The zero-order valence-electron chi connectivity index (χ0n) is 11.2. The highest BCUT2D eigenvalue weighted by Gasteiger charge is 2.30. The molecule has 5 nitrogen and oxygen atoms in total. The summed E-state index contributed by atoms with van der Waals surface area (Å²) < 4.78 is 1.93. The molecule has 3 rings (SSSR count). The molecule has 1 aliphatic heterocycles. The predicted octanol–water partition coefficient (Wildman–Crippen LogP) is 2.81. The van der Waals surface area contributed by atoms with Crippen LogP contribution in [-0.4, -0.2) is 31.9 Å². The van der Waals surface area contributed by atoms with Crippen molar-refractivity contribution in [3.8, 4) is 11.3 Å². The maximum absolute atomic E-state index is 12.2. The molecule has 0 fully saturated rings. The van der Waals surface area contributed by atoms with Crippen molar-refractivity contribution < 1.29 is 4.79 Å². The number of pyridine rings is 1. The molecule has 0 atom stereocenters. The Morgan fingerprint density at radius 2 is 2.15 bits per heavy atom. The first-order valence-corrected chi connectivity index (χ1v) is 7.05. The summed E-state index contributed by atoms with van der Waals surface area (Å²) in [5, 5.41) is 0.454. The summed E-state index contributed by atoms with van der Waals surface area (Å²) in [4.78, 5) is 22.4. The second-order valence-electron chi connectivity index (χ2n) is 4.83. The van der Waals surface area contributed by atoms with E-state index in [0.717, 1.165) is 30.6 Å². The maximum Gasteiger partial charge on any atom is 0.291 e. The van der Waals surface area contributed by atoms with E-state index < -0.39 is 0 Å². The standard InChI is InChI=1S/C14H15ClN4O/c1-2-3-6-18-9-19-11(8-17-13(19)14(18)20)10-4-5-12(15)16-7-10/h4-5,7-8H,2-3,6,9H2,1H3. The van der Waals surface area contributed by atoms with E-state index in [1.807, 2.05) is 15.5 Å². The van der Waals surface area contributed by atoms with Gasteiger partial charge in [0.05, 0.1) is 18.6 Å². The molecule has 2 aromatic heterocycles. The number of aromatic nitrogens is 3. The van der Waals surface area contributed by atoms with Gasteiger partial charge in [0, 0.05) is 18.3 Å². The largest absolute Gasteiger partial charge is 0.318 e. The number of unbranched alkanes of at least 4 members (excludes halogenated alkanes) is 1. The van der Waals surface area contributed by atoms with Gasteiger partial charge in [0.1, 0.15) is 5.15 Å². The minimum absolute atomic E-state index is 0.00613. The molecule has 2 aromatic rings. The van der Waals surface area contributed by atoms with Crippen LogP contribution in [0.25, 0.3) is 11.3 Å². The van der Waals surface area contributed by atoms with E-state index in [-0.39, 0.29) is 5.91 Å². The van der Waals surface area contributed by atoms with Gasteiger partial charge in [-0.25, -0.2) is 9.97 Å². The van der Waals surface area contributed by atoms with Gasteiger partial charge in [-0.1, -0.05) is 24.9 Å². The number of nitrogens with zero attached hydrogens (tertiary/aromatic N) is 4. The summed E-state index contributed by atoms with van der Waals surface area (Å²) in [5.74, 6) is 0.512. The number of carbonyl (C=O) groups excluding carboxylic acids is 1. The van der Waals surface area contributed by atoms with Gasteiger partial charge in [0.25, 0.3) is 5.91 Å². The predicted molar refractivity (Wildman–Crippen MR) is 76.4 cm³/mol. The van der Waals surface area contributed by atoms with Crippen molar-refractivity contribution in [2.75, 3.05) is 6.54 Å². The number of fused-ring (bicyclic) bond motifs is 1. The summed E-state index contributed by atoms with van der Waals surface area (Å²) in [5.41, 5.74) is 1.81. The van der Waals surface area contributed by atoms with Crippen LogP contribution >= 0.6 is 11.6 Å². The minimum Gasteiger partial charge on any atom is -0.318 e. The molecule has 0 saturated heterocycles. The maximum atomic E-state index is 12.2. The highest BCUT2D eigenvalue weighted by atomic mass is 35.5. The van der Waals surface area contributed by atoms with Crippen LogP contribution in [0.4, 0.5) is 0 Å². The Bertz CT molecular complexity index is 635. The molecule has 0 unspecified atom stereocenters. The fraction of sp³-hybridized carbons (Fsp3) is 0.357. The van der Waals surface area contributed by atoms with E-state index in [9.17, 15) is 4.79 Å². The quantitative estimate of drug-likeness (QED) is 0.814. The second-order valence-corrected chi connectivity index (χ2v) is 5.22. The Balaban J connectivity index is 1.90. The van der Waals surface area contributed by atoms with Gasteiger partial charge < -0.3 is 9.47 Å². The third kappa shape index (κ3) is 2.18. The number of amides is 1. The van der Waals surface area contributed by atoms with E-state index in [1.165, 1.54) is 0 Å². The summed E-state index contributed by atoms with van der Waals surface area (Å²) >= 11 is 5.80. The average Bonchev–Trinajstić information content (AvgIpc) is 2.99. The van der Waals surface area contributed by atoms with Crippen LogP contribution in [-0.2, 0) is 6.67 Å². The van der Waals surface area contributed by atoms with Gasteiger partial charge in [-0.2, -0.15) is 0 Å². The van der Waals surface area contributed by atoms with Gasteiger partial charge >= 0.3 is 0 Å². The van der Waals surface area contributed by atoms with E-state index in [4.69, 9.17) is 11.6 Å². The molecule has 6 heteroatoms. The molecule has 0 spiro atoms. The highest BCUT2D eigenvalue weighted by molar-refractivity contribution is 6.29. The number of halogens is 1. The van der Waals surface area contributed by atoms with E-state index >= 15 is 0 Å². The molecule has 0 N–H and O–H groups in total. The van der Waals surface area contributed by atoms with E-state index in [2.05, 4.69) is 16.9 Å². The Labute approximate surface area is 122 Å². The van der Waals surface area contributed by atoms with Crippen molar-refractivity contribution in [2.24, 2.45) is 0 Å². The number of imidazole rings is 1. The first kappa shape index (κ1) is 13.1. The van der Waals surface area contributed by atoms with Crippen LogP contribution in [0, 0.1) is 0 Å². The Kier molecular flexibility index (Phi) is 3.44. The van der Waals surface area contributed by atoms with Gasteiger partial charge in [-0.15, -0.1) is 0 Å². The second kappa shape index (κ2) is 5.25. The van der Waals surface area contributed by atoms with Crippen molar-refractivity contribution >= 4 is 17.5 Å². The normalized spacial score (nSPS) is 13.9. The third-order valence-electron chi connectivity index (χ3n) is 3.45. The lowest BCUT2D eigenvalue weighted by Gasteiger charge is -2.14. The van der Waals surface area contributed by atoms with E-state index in [0.29, 0.717) is 17.6 Å². The Morgan fingerprint density at radius 3 is 2.85 bits per heavy atom. The van der Waals surface area contributed by atoms with Gasteiger partial charge in [0.2, 0.25) is 5.82 Å². The monoisotopic (exact) mass is 290 g/mol. The molecule has 0 saturated carbocycles. The van der Waals surface area contributed by atoms with E-state index in [1.54, 1.807) is 18.5 Å². The van der Waals surface area contributed by atoms with Crippen LogP contribution in [0.3, 0.4) is 0 Å². The highest BCUT2D eigenvalue weighted by Crippen LogP contribution is 2.26. The number of hydrogen-bond acceptors (Lipinski definition) is 3. The van der Waals surface area contributed by atoms with Crippen LogP contribution in [0.2, 0.25) is 5.15 Å². The molecule has 20 heavy (non-hydrogen) atoms. The molecule has 1 amide bonds. The summed E-state index contributed by atoms with van der Waals surface area (Å²) in [6, 6.07) is 3.63. The van der Waals surface area contributed by atoms with Crippen molar-refractivity contribution in [3.63, 3.8) is 0 Å². The van der Waals surface area contributed by atoms with Crippen LogP contribution in [0.15, 0.2) is 24.5 Å². The zero-order valence-corrected chi connectivity index (χ0v) is 12.0. The molecule has 1 aliphatic rings. The topological polar surface area (TPSA) is 51.0 Å². The fourth-order valence-electron chi connectivity index (χ4n) is 2.34. The van der Waals surface area contributed by atoms with Crippen LogP contribution in [0.1, 0.15) is 30.4 Å². The lowest BCUT2D eigenvalue weighted by atomic mass is 10.2. The Hall–Kier alpha value is -1.88. The smallest absolute Gasteiger partial charge is 0.291 e. The first-order valence-electron chi connectivity index (χ1n) is 6.67. The zero-order chi connectivity index (χ0) is 14.1. The molecular weight excluding hydrogens is 276 g/mol. The molecule has 0 bridgehead atoms. The number of rotatable bonds is 4. The summed E-state index contributed by atoms with van der Waals surface area (Å²) in [6.45, 7) is 3.45. The van der Waals surface area contributed by atoms with Crippen LogP contribution in [0.5, 0.6) is 0 Å². The summed E-state index contributed by atoms with van der Waals surface area (Å²) in [7, 11) is 0. The average molecular weight is 291 g/mol. The fourth-order valence-corrected chi connectivity index (χ4v) is 2.46. The van der Waals surface area contributed by atoms with Gasteiger partial charge in [0.15, 0.2) is 0 Å². The molecule has 0 radical (unpaired) electrons. The molecular formula is C14H15ClN4O. The SMILES string of the molecule is CCCCN1Cn2c(-c3ccc(Cl)nc3)cnc2C1=O. The first-order chi connectivity index (χ1) is 9.70. The summed E-state index contributed by atoms with van der Waals surface area (Å²) in [6.07, 6.45) is 5.50. The lowest BCUT2D eigenvalue weighted by molar-refractivity contribution is 0.0764.